The van der Waals surface area contributed by atoms with Crippen LogP contribution >= 0.6 is 0 Å². The van der Waals surface area contributed by atoms with Gasteiger partial charge in [0, 0.05) is 13.2 Å². The van der Waals surface area contributed by atoms with Crippen LogP contribution in [-0.2, 0) is 27.1 Å². The molecular weight excluding hydrogens is 278 g/mol. The Morgan fingerprint density at radius 3 is 2.45 bits per heavy atom. The highest BCUT2D eigenvalue weighted by atomic mass is 32.2. The average Bonchev–Trinajstić information content (AvgIpc) is 3.23. The lowest BCUT2D eigenvalue weighted by Crippen LogP contribution is -2.28. The van der Waals surface area contributed by atoms with Crippen LogP contribution in [0.4, 0.5) is 0 Å². The first-order valence-electron chi connectivity index (χ1n) is 6.83. The summed E-state index contributed by atoms with van der Waals surface area (Å²) < 4.78 is 31.6. The fraction of sp³-hybridized carbons (Fsp3) is 0.571. The third kappa shape index (κ3) is 5.58. The molecule has 0 spiro atoms. The predicted molar refractivity (Wildman–Crippen MR) is 76.5 cm³/mol. The molecule has 0 aliphatic heterocycles. The second-order valence-corrected chi connectivity index (χ2v) is 6.95. The molecule has 0 amide bonds. The van der Waals surface area contributed by atoms with Crippen molar-refractivity contribution in [1.82, 2.24) is 4.72 Å². The molecule has 1 aliphatic rings. The molecule has 0 radical (unpaired) electrons. The van der Waals surface area contributed by atoms with E-state index in [4.69, 9.17) is 9.84 Å². The molecule has 20 heavy (non-hydrogen) atoms. The highest BCUT2D eigenvalue weighted by Crippen LogP contribution is 2.28. The number of hydrogen-bond acceptors (Lipinski definition) is 4. The number of nitrogens with one attached hydrogen (secondary N) is 1. The van der Waals surface area contributed by atoms with E-state index in [0.717, 1.165) is 12.2 Å². The summed E-state index contributed by atoms with van der Waals surface area (Å²) in [5.41, 5.74) is 1.47. The molecule has 5 nitrogen and oxygen atoms in total. The molecule has 6 heteroatoms. The third-order valence-corrected chi connectivity index (χ3v) is 4.54. The summed E-state index contributed by atoms with van der Waals surface area (Å²) >= 11 is 0. The van der Waals surface area contributed by atoms with Gasteiger partial charge in [0.15, 0.2) is 0 Å². The van der Waals surface area contributed by atoms with E-state index < -0.39 is 10.0 Å². The van der Waals surface area contributed by atoms with Crippen LogP contribution in [0.1, 0.15) is 24.0 Å². The zero-order valence-electron chi connectivity index (χ0n) is 11.4. The average molecular weight is 299 g/mol. The Hall–Kier alpha value is -0.950. The Labute approximate surface area is 120 Å². The Balaban J connectivity index is 1.71. The summed E-state index contributed by atoms with van der Waals surface area (Å²) in [6.07, 6.45) is 2.46. The SMILES string of the molecule is O=S(=O)(Cc1ccc(CO)cc1)NCCOCC1CC1. The lowest BCUT2D eigenvalue weighted by Gasteiger charge is -2.08. The fourth-order valence-electron chi connectivity index (χ4n) is 1.82. The smallest absolute Gasteiger partial charge is 0.215 e. The van der Waals surface area contributed by atoms with Crippen molar-refractivity contribution in [2.24, 2.45) is 5.92 Å². The predicted octanol–water partition coefficient (Wildman–Crippen LogP) is 1.02. The first-order valence-corrected chi connectivity index (χ1v) is 8.48. The molecule has 1 aliphatic carbocycles. The van der Waals surface area contributed by atoms with E-state index in [0.29, 0.717) is 24.6 Å². The third-order valence-electron chi connectivity index (χ3n) is 3.18. The number of rotatable bonds is 9. The molecule has 1 saturated carbocycles. The van der Waals surface area contributed by atoms with Gasteiger partial charge in [-0.1, -0.05) is 24.3 Å². The van der Waals surface area contributed by atoms with Crippen LogP contribution in [0.5, 0.6) is 0 Å². The molecule has 0 unspecified atom stereocenters. The first kappa shape index (κ1) is 15.4. The number of benzene rings is 1. The maximum Gasteiger partial charge on any atom is 0.215 e. The van der Waals surface area contributed by atoms with Gasteiger partial charge in [0.25, 0.3) is 0 Å². The number of aliphatic hydroxyl groups is 1. The van der Waals surface area contributed by atoms with Gasteiger partial charge in [0.2, 0.25) is 10.0 Å². The standard InChI is InChI=1S/C14H21NO4S/c16-9-12-1-5-14(6-2-12)11-20(17,18)15-7-8-19-10-13-3-4-13/h1-2,5-6,13,15-16H,3-4,7-11H2. The van der Waals surface area contributed by atoms with Gasteiger partial charge in [0.05, 0.1) is 19.0 Å². The van der Waals surface area contributed by atoms with Gasteiger partial charge >= 0.3 is 0 Å². The Morgan fingerprint density at radius 1 is 1.20 bits per heavy atom. The van der Waals surface area contributed by atoms with E-state index in [1.54, 1.807) is 24.3 Å². The maximum absolute atomic E-state index is 11.8. The summed E-state index contributed by atoms with van der Waals surface area (Å²) in [4.78, 5) is 0. The molecule has 2 N–H and O–H groups in total. The van der Waals surface area contributed by atoms with Gasteiger partial charge < -0.3 is 9.84 Å². The minimum atomic E-state index is -3.33. The van der Waals surface area contributed by atoms with Crippen molar-refractivity contribution in [3.05, 3.63) is 35.4 Å². The summed E-state index contributed by atoms with van der Waals surface area (Å²) in [5.74, 6) is 0.637. The zero-order valence-corrected chi connectivity index (χ0v) is 12.2. The van der Waals surface area contributed by atoms with Crippen molar-refractivity contribution < 1.29 is 18.3 Å². The molecule has 1 aromatic carbocycles. The molecule has 1 fully saturated rings. The molecule has 2 rings (SSSR count). The van der Waals surface area contributed by atoms with Crippen molar-refractivity contribution in [3.63, 3.8) is 0 Å². The molecule has 1 aromatic rings. The van der Waals surface area contributed by atoms with E-state index in [1.165, 1.54) is 12.8 Å². The summed E-state index contributed by atoms with van der Waals surface area (Å²) in [5, 5.41) is 8.93. The van der Waals surface area contributed by atoms with Gasteiger partial charge in [-0.2, -0.15) is 0 Å². The lowest BCUT2D eigenvalue weighted by atomic mass is 10.2. The fourth-order valence-corrected chi connectivity index (χ4v) is 2.94. The number of aliphatic hydroxyl groups excluding tert-OH is 1. The van der Waals surface area contributed by atoms with E-state index in [9.17, 15) is 8.42 Å². The minimum absolute atomic E-state index is 0.0381. The Bertz CT molecular complexity index is 508. The molecule has 112 valence electrons. The minimum Gasteiger partial charge on any atom is -0.392 e. The number of hydrogen-bond donors (Lipinski definition) is 2. The van der Waals surface area contributed by atoms with Crippen LogP contribution in [0, 0.1) is 5.92 Å². The molecule has 0 aromatic heterocycles. The van der Waals surface area contributed by atoms with Crippen molar-refractivity contribution >= 4 is 10.0 Å². The topological polar surface area (TPSA) is 75.6 Å². The van der Waals surface area contributed by atoms with Gasteiger partial charge in [0.1, 0.15) is 0 Å². The first-order chi connectivity index (χ1) is 9.59. The molecule has 0 bridgehead atoms. The quantitative estimate of drug-likeness (QED) is 0.668. The van der Waals surface area contributed by atoms with Crippen LogP contribution < -0.4 is 4.72 Å². The molecular formula is C14H21NO4S. The highest BCUT2D eigenvalue weighted by Gasteiger charge is 2.21. The number of sulfonamides is 1. The van der Waals surface area contributed by atoms with Gasteiger partial charge in [-0.25, -0.2) is 13.1 Å². The zero-order chi connectivity index (χ0) is 14.4. The van der Waals surface area contributed by atoms with Crippen LogP contribution in [0.15, 0.2) is 24.3 Å². The summed E-state index contributed by atoms with van der Waals surface area (Å²) in [7, 11) is -3.33. The second-order valence-electron chi connectivity index (χ2n) is 5.15. The van der Waals surface area contributed by atoms with E-state index in [-0.39, 0.29) is 12.4 Å². The van der Waals surface area contributed by atoms with Crippen LogP contribution in [0.2, 0.25) is 0 Å². The van der Waals surface area contributed by atoms with E-state index >= 15 is 0 Å². The molecule has 0 saturated heterocycles. The normalized spacial score (nSPS) is 15.4. The number of ether oxygens (including phenoxy) is 1. The monoisotopic (exact) mass is 299 g/mol. The van der Waals surface area contributed by atoms with Gasteiger partial charge in [-0.05, 0) is 29.9 Å². The molecule has 0 heterocycles. The molecule has 0 atom stereocenters. The summed E-state index contributed by atoms with van der Waals surface area (Å²) in [6, 6.07) is 6.88. The van der Waals surface area contributed by atoms with E-state index in [2.05, 4.69) is 4.72 Å². The van der Waals surface area contributed by atoms with Crippen molar-refractivity contribution in [2.45, 2.75) is 25.2 Å². The Kier molecular flexibility index (Phi) is 5.54. The van der Waals surface area contributed by atoms with Gasteiger partial charge in [-0.3, -0.25) is 0 Å². The lowest BCUT2D eigenvalue weighted by molar-refractivity contribution is 0.129. The Morgan fingerprint density at radius 2 is 1.85 bits per heavy atom. The van der Waals surface area contributed by atoms with Crippen molar-refractivity contribution in [3.8, 4) is 0 Å². The second kappa shape index (κ2) is 7.17. The van der Waals surface area contributed by atoms with E-state index in [1.807, 2.05) is 0 Å². The largest absolute Gasteiger partial charge is 0.392 e. The van der Waals surface area contributed by atoms with Crippen molar-refractivity contribution in [1.29, 1.82) is 0 Å². The maximum atomic E-state index is 11.8. The van der Waals surface area contributed by atoms with Gasteiger partial charge in [-0.15, -0.1) is 0 Å². The summed E-state index contributed by atoms with van der Waals surface area (Å²) in [6.45, 7) is 1.43. The van der Waals surface area contributed by atoms with Crippen LogP contribution in [-0.4, -0.2) is 33.3 Å². The highest BCUT2D eigenvalue weighted by molar-refractivity contribution is 7.88. The van der Waals surface area contributed by atoms with Crippen LogP contribution in [0.25, 0.3) is 0 Å². The van der Waals surface area contributed by atoms with Crippen LogP contribution in [0.3, 0.4) is 0 Å². The van der Waals surface area contributed by atoms with Crippen molar-refractivity contribution in [2.75, 3.05) is 19.8 Å².